The van der Waals surface area contributed by atoms with Crippen molar-refractivity contribution in [2.75, 3.05) is 26.7 Å². The standard InChI is InChI=1S/C12H22N2O.ClH/c1-3-4-5-9-14(2)12(15)11-7-6-8-13-10-11;/h3,11,13H,1,4-10H2,2H3;1H. The average molecular weight is 247 g/mol. The minimum absolute atomic E-state index is 0. The summed E-state index contributed by atoms with van der Waals surface area (Å²) in [5.41, 5.74) is 0. The van der Waals surface area contributed by atoms with E-state index in [2.05, 4.69) is 11.9 Å². The number of halogens is 1. The number of amides is 1. The molecule has 1 aliphatic heterocycles. The molecule has 0 aromatic rings. The van der Waals surface area contributed by atoms with Crippen LogP contribution in [-0.2, 0) is 4.79 Å². The molecular formula is C12H23ClN2O. The van der Waals surface area contributed by atoms with Gasteiger partial charge in [0.15, 0.2) is 0 Å². The van der Waals surface area contributed by atoms with Crippen LogP contribution in [0.2, 0.25) is 0 Å². The Kier molecular flexibility index (Phi) is 8.30. The van der Waals surface area contributed by atoms with Gasteiger partial charge in [0.25, 0.3) is 0 Å². The highest BCUT2D eigenvalue weighted by atomic mass is 35.5. The van der Waals surface area contributed by atoms with Gasteiger partial charge >= 0.3 is 0 Å². The van der Waals surface area contributed by atoms with Crippen LogP contribution in [0.4, 0.5) is 0 Å². The molecule has 0 radical (unpaired) electrons. The van der Waals surface area contributed by atoms with Crippen LogP contribution >= 0.6 is 12.4 Å². The molecule has 1 saturated heterocycles. The van der Waals surface area contributed by atoms with E-state index in [1.165, 1.54) is 0 Å². The van der Waals surface area contributed by atoms with E-state index in [4.69, 9.17) is 0 Å². The first-order chi connectivity index (χ1) is 7.25. The van der Waals surface area contributed by atoms with Crippen LogP contribution in [0.25, 0.3) is 0 Å². The zero-order valence-corrected chi connectivity index (χ0v) is 10.9. The van der Waals surface area contributed by atoms with E-state index < -0.39 is 0 Å². The molecule has 0 bridgehead atoms. The fourth-order valence-corrected chi connectivity index (χ4v) is 1.96. The monoisotopic (exact) mass is 246 g/mol. The quantitative estimate of drug-likeness (QED) is 0.593. The van der Waals surface area contributed by atoms with Gasteiger partial charge < -0.3 is 10.2 Å². The number of carbonyl (C=O) groups excluding carboxylic acids is 1. The number of carbonyl (C=O) groups is 1. The van der Waals surface area contributed by atoms with E-state index in [1.807, 2.05) is 18.0 Å². The van der Waals surface area contributed by atoms with Crippen molar-refractivity contribution < 1.29 is 4.79 Å². The smallest absolute Gasteiger partial charge is 0.226 e. The van der Waals surface area contributed by atoms with E-state index in [9.17, 15) is 4.79 Å². The Morgan fingerprint density at radius 1 is 1.62 bits per heavy atom. The molecule has 1 heterocycles. The summed E-state index contributed by atoms with van der Waals surface area (Å²) in [5, 5.41) is 3.27. The minimum Gasteiger partial charge on any atom is -0.345 e. The first-order valence-electron chi connectivity index (χ1n) is 5.82. The molecule has 0 spiro atoms. The molecule has 1 rings (SSSR count). The van der Waals surface area contributed by atoms with Crippen LogP contribution in [0.1, 0.15) is 25.7 Å². The van der Waals surface area contributed by atoms with Gasteiger partial charge in [0.1, 0.15) is 0 Å². The summed E-state index contributed by atoms with van der Waals surface area (Å²) in [4.78, 5) is 13.8. The van der Waals surface area contributed by atoms with Crippen molar-refractivity contribution in [3.05, 3.63) is 12.7 Å². The Labute approximate surface area is 105 Å². The largest absolute Gasteiger partial charge is 0.345 e. The number of unbranched alkanes of at least 4 members (excludes halogenated alkanes) is 1. The van der Waals surface area contributed by atoms with Crippen LogP contribution in [0.15, 0.2) is 12.7 Å². The summed E-state index contributed by atoms with van der Waals surface area (Å²) < 4.78 is 0. The van der Waals surface area contributed by atoms with E-state index in [0.717, 1.165) is 45.3 Å². The van der Waals surface area contributed by atoms with Gasteiger partial charge in [-0.15, -0.1) is 19.0 Å². The van der Waals surface area contributed by atoms with Crippen molar-refractivity contribution >= 4 is 18.3 Å². The van der Waals surface area contributed by atoms with Crippen molar-refractivity contribution in [3.8, 4) is 0 Å². The Morgan fingerprint density at radius 2 is 2.38 bits per heavy atom. The first-order valence-corrected chi connectivity index (χ1v) is 5.82. The van der Waals surface area contributed by atoms with Gasteiger partial charge in [-0.1, -0.05) is 6.08 Å². The number of hydrogen-bond acceptors (Lipinski definition) is 2. The Hall–Kier alpha value is -0.540. The molecule has 0 saturated carbocycles. The van der Waals surface area contributed by atoms with Crippen molar-refractivity contribution in [2.45, 2.75) is 25.7 Å². The van der Waals surface area contributed by atoms with Gasteiger partial charge in [-0.3, -0.25) is 4.79 Å². The summed E-state index contributed by atoms with van der Waals surface area (Å²) in [6.07, 6.45) is 6.07. The van der Waals surface area contributed by atoms with E-state index in [-0.39, 0.29) is 18.3 Å². The van der Waals surface area contributed by atoms with Crippen LogP contribution in [0, 0.1) is 5.92 Å². The van der Waals surface area contributed by atoms with E-state index in [1.54, 1.807) is 0 Å². The number of piperidine rings is 1. The van der Waals surface area contributed by atoms with Gasteiger partial charge in [0.05, 0.1) is 5.92 Å². The minimum atomic E-state index is 0. The van der Waals surface area contributed by atoms with Crippen LogP contribution < -0.4 is 5.32 Å². The summed E-state index contributed by atoms with van der Waals surface area (Å²) in [7, 11) is 1.90. The molecule has 3 nitrogen and oxygen atoms in total. The number of rotatable bonds is 5. The number of nitrogens with zero attached hydrogens (tertiary/aromatic N) is 1. The number of nitrogens with one attached hydrogen (secondary N) is 1. The molecule has 0 aromatic carbocycles. The Balaban J connectivity index is 0.00000225. The second-order valence-corrected chi connectivity index (χ2v) is 4.23. The maximum Gasteiger partial charge on any atom is 0.226 e. The molecule has 16 heavy (non-hydrogen) atoms. The van der Waals surface area contributed by atoms with Crippen molar-refractivity contribution in [2.24, 2.45) is 5.92 Å². The topological polar surface area (TPSA) is 32.3 Å². The molecule has 1 unspecified atom stereocenters. The summed E-state index contributed by atoms with van der Waals surface area (Å²) in [6, 6.07) is 0. The predicted octanol–water partition coefficient (Wildman–Crippen LogP) is 1.83. The second-order valence-electron chi connectivity index (χ2n) is 4.23. The molecule has 94 valence electrons. The van der Waals surface area contributed by atoms with Crippen LogP contribution in [0.5, 0.6) is 0 Å². The van der Waals surface area contributed by atoms with Gasteiger partial charge in [-0.05, 0) is 32.2 Å². The van der Waals surface area contributed by atoms with Crippen molar-refractivity contribution in [1.82, 2.24) is 10.2 Å². The Bertz CT molecular complexity index is 215. The fraction of sp³-hybridized carbons (Fsp3) is 0.750. The molecule has 1 fully saturated rings. The molecule has 1 N–H and O–H groups in total. The molecule has 4 heteroatoms. The molecule has 1 amide bonds. The first kappa shape index (κ1) is 15.5. The lowest BCUT2D eigenvalue weighted by molar-refractivity contribution is -0.134. The van der Waals surface area contributed by atoms with E-state index >= 15 is 0 Å². The van der Waals surface area contributed by atoms with Crippen molar-refractivity contribution in [1.29, 1.82) is 0 Å². The third-order valence-corrected chi connectivity index (χ3v) is 2.92. The average Bonchev–Trinajstić information content (AvgIpc) is 2.29. The normalized spacial score (nSPS) is 19.7. The number of allylic oxidation sites excluding steroid dienone is 1. The second kappa shape index (κ2) is 8.59. The zero-order chi connectivity index (χ0) is 11.1. The summed E-state index contributed by atoms with van der Waals surface area (Å²) >= 11 is 0. The molecule has 0 aliphatic carbocycles. The highest BCUT2D eigenvalue weighted by Crippen LogP contribution is 2.12. The predicted molar refractivity (Wildman–Crippen MR) is 69.9 cm³/mol. The zero-order valence-electron chi connectivity index (χ0n) is 10.1. The summed E-state index contributed by atoms with van der Waals surface area (Å²) in [6.45, 7) is 6.44. The highest BCUT2D eigenvalue weighted by molar-refractivity contribution is 5.85. The molecule has 1 aliphatic rings. The van der Waals surface area contributed by atoms with Crippen LogP contribution in [-0.4, -0.2) is 37.5 Å². The lowest BCUT2D eigenvalue weighted by atomic mass is 9.98. The molecule has 0 aromatic heterocycles. The lowest BCUT2D eigenvalue weighted by Gasteiger charge is -2.26. The van der Waals surface area contributed by atoms with Crippen molar-refractivity contribution in [3.63, 3.8) is 0 Å². The fourth-order valence-electron chi connectivity index (χ4n) is 1.96. The lowest BCUT2D eigenvalue weighted by Crippen LogP contribution is -2.41. The Morgan fingerprint density at radius 3 is 2.94 bits per heavy atom. The third-order valence-electron chi connectivity index (χ3n) is 2.92. The van der Waals surface area contributed by atoms with Gasteiger partial charge in [0.2, 0.25) is 5.91 Å². The third kappa shape index (κ3) is 4.99. The molecule has 1 atom stereocenters. The van der Waals surface area contributed by atoms with Gasteiger partial charge in [-0.25, -0.2) is 0 Å². The maximum absolute atomic E-state index is 12.0. The molecular weight excluding hydrogens is 224 g/mol. The SMILES string of the molecule is C=CCCCN(C)C(=O)C1CCCNC1.Cl. The van der Waals surface area contributed by atoms with Gasteiger partial charge in [-0.2, -0.15) is 0 Å². The van der Waals surface area contributed by atoms with Gasteiger partial charge in [0, 0.05) is 20.1 Å². The van der Waals surface area contributed by atoms with E-state index in [0.29, 0.717) is 5.91 Å². The summed E-state index contributed by atoms with van der Waals surface area (Å²) in [5.74, 6) is 0.499. The number of hydrogen-bond donors (Lipinski definition) is 1. The highest BCUT2D eigenvalue weighted by Gasteiger charge is 2.23. The van der Waals surface area contributed by atoms with Crippen LogP contribution in [0.3, 0.4) is 0 Å². The maximum atomic E-state index is 12.0.